The van der Waals surface area contributed by atoms with E-state index in [0.717, 1.165) is 41.1 Å². The maximum atomic E-state index is 12.5. The van der Waals surface area contributed by atoms with E-state index in [0.29, 0.717) is 5.78 Å². The molecule has 2 nitrogen and oxygen atoms in total. The highest BCUT2D eigenvalue weighted by atomic mass is 16.1. The lowest BCUT2D eigenvalue weighted by Crippen LogP contribution is -2.12. The monoisotopic (exact) mass is 225 g/mol. The van der Waals surface area contributed by atoms with Crippen molar-refractivity contribution in [2.75, 3.05) is 0 Å². The third kappa shape index (κ3) is 1.36. The van der Waals surface area contributed by atoms with Gasteiger partial charge in [0.1, 0.15) is 0 Å². The molecule has 1 aromatic heterocycles. The van der Waals surface area contributed by atoms with Gasteiger partial charge in [-0.2, -0.15) is 0 Å². The molecular weight excluding hydrogens is 210 g/mol. The van der Waals surface area contributed by atoms with Gasteiger partial charge in [-0.3, -0.25) is 4.79 Å². The van der Waals surface area contributed by atoms with Gasteiger partial charge >= 0.3 is 0 Å². The first-order chi connectivity index (χ1) is 8.33. The summed E-state index contributed by atoms with van der Waals surface area (Å²) in [6.07, 6.45) is 5.51. The molecule has 1 heterocycles. The molecule has 0 aliphatic heterocycles. The van der Waals surface area contributed by atoms with E-state index in [1.165, 1.54) is 6.42 Å². The first kappa shape index (κ1) is 9.46. The molecule has 2 unspecified atom stereocenters. The zero-order valence-electron chi connectivity index (χ0n) is 9.65. The Balaban J connectivity index is 1.71. The third-order valence-corrected chi connectivity index (χ3v) is 4.47. The number of benzene rings is 1. The van der Waals surface area contributed by atoms with Crippen LogP contribution in [0.1, 0.15) is 29.6 Å². The number of hydrogen-bond acceptors (Lipinski definition) is 1. The van der Waals surface area contributed by atoms with E-state index in [4.69, 9.17) is 0 Å². The van der Waals surface area contributed by atoms with Gasteiger partial charge in [-0.05, 0) is 37.2 Å². The van der Waals surface area contributed by atoms with E-state index in [9.17, 15) is 4.79 Å². The van der Waals surface area contributed by atoms with Crippen LogP contribution in [0.15, 0.2) is 30.5 Å². The summed E-state index contributed by atoms with van der Waals surface area (Å²) >= 11 is 0. The van der Waals surface area contributed by atoms with E-state index in [1.54, 1.807) is 0 Å². The molecule has 2 fully saturated rings. The molecule has 1 aromatic carbocycles. The number of carbonyl (C=O) groups excluding carboxylic acids is 1. The van der Waals surface area contributed by atoms with Crippen LogP contribution in [0, 0.1) is 17.8 Å². The molecule has 17 heavy (non-hydrogen) atoms. The Kier molecular flexibility index (Phi) is 1.79. The Bertz CT molecular complexity index is 588. The highest BCUT2D eigenvalue weighted by molar-refractivity contribution is 6.09. The Labute approximate surface area is 100 Å². The molecule has 0 saturated heterocycles. The predicted octanol–water partition coefficient (Wildman–Crippen LogP) is 3.40. The topological polar surface area (TPSA) is 32.9 Å². The number of ketones is 1. The van der Waals surface area contributed by atoms with Gasteiger partial charge in [-0.1, -0.05) is 18.2 Å². The van der Waals surface area contributed by atoms with Gasteiger partial charge in [0, 0.05) is 28.6 Å². The number of Topliss-reactive ketones (excluding diaryl/α,β-unsaturated/α-hetero) is 1. The van der Waals surface area contributed by atoms with Crippen molar-refractivity contribution >= 4 is 16.7 Å². The second kappa shape index (κ2) is 3.22. The van der Waals surface area contributed by atoms with Crippen molar-refractivity contribution in [2.45, 2.75) is 19.3 Å². The SMILES string of the molecule is O=C(c1c[nH]c2ccccc12)C1CC2CC2C1. The number of fused-ring (bicyclic) bond motifs is 2. The van der Waals surface area contributed by atoms with Crippen LogP contribution in [0.25, 0.3) is 10.9 Å². The highest BCUT2D eigenvalue weighted by Gasteiger charge is 2.48. The molecule has 4 rings (SSSR count). The van der Waals surface area contributed by atoms with Crippen molar-refractivity contribution < 1.29 is 4.79 Å². The molecule has 2 aromatic rings. The smallest absolute Gasteiger partial charge is 0.168 e. The van der Waals surface area contributed by atoms with Gasteiger partial charge in [-0.15, -0.1) is 0 Å². The Hall–Kier alpha value is -1.57. The van der Waals surface area contributed by atoms with Crippen molar-refractivity contribution in [3.8, 4) is 0 Å². The summed E-state index contributed by atoms with van der Waals surface area (Å²) in [5, 5.41) is 1.08. The van der Waals surface area contributed by atoms with Crippen molar-refractivity contribution in [1.82, 2.24) is 4.98 Å². The number of rotatable bonds is 2. The summed E-state index contributed by atoms with van der Waals surface area (Å²) in [4.78, 5) is 15.7. The zero-order valence-corrected chi connectivity index (χ0v) is 9.65. The summed E-state index contributed by atoms with van der Waals surface area (Å²) in [6.45, 7) is 0. The number of H-pyrrole nitrogens is 1. The molecule has 1 N–H and O–H groups in total. The molecule has 2 heteroatoms. The lowest BCUT2D eigenvalue weighted by Gasteiger charge is -2.09. The second-order valence-corrected chi connectivity index (χ2v) is 5.54. The number of para-hydroxylation sites is 1. The van der Waals surface area contributed by atoms with Gasteiger partial charge < -0.3 is 4.98 Å². The zero-order chi connectivity index (χ0) is 11.4. The van der Waals surface area contributed by atoms with Gasteiger partial charge in [-0.25, -0.2) is 0 Å². The lowest BCUT2D eigenvalue weighted by atomic mass is 9.93. The average molecular weight is 225 g/mol. The predicted molar refractivity (Wildman–Crippen MR) is 67.0 cm³/mol. The number of aromatic nitrogens is 1. The van der Waals surface area contributed by atoms with Gasteiger partial charge in [0.15, 0.2) is 5.78 Å². The van der Waals surface area contributed by atoms with Crippen LogP contribution >= 0.6 is 0 Å². The fourth-order valence-electron chi connectivity index (χ4n) is 3.42. The number of nitrogens with one attached hydrogen (secondary N) is 1. The molecule has 0 spiro atoms. The van der Waals surface area contributed by atoms with Gasteiger partial charge in [0.25, 0.3) is 0 Å². The van der Waals surface area contributed by atoms with Gasteiger partial charge in [0.2, 0.25) is 0 Å². The minimum atomic E-state index is 0.290. The third-order valence-electron chi connectivity index (χ3n) is 4.47. The molecule has 2 aliphatic rings. The van der Waals surface area contributed by atoms with E-state index in [2.05, 4.69) is 4.98 Å². The second-order valence-electron chi connectivity index (χ2n) is 5.54. The molecule has 2 atom stereocenters. The van der Waals surface area contributed by atoms with Crippen molar-refractivity contribution in [2.24, 2.45) is 17.8 Å². The Morgan fingerprint density at radius 1 is 1.12 bits per heavy atom. The fraction of sp³-hybridized carbons (Fsp3) is 0.400. The van der Waals surface area contributed by atoms with E-state index < -0.39 is 0 Å². The van der Waals surface area contributed by atoms with E-state index in [1.807, 2.05) is 30.5 Å². The number of carbonyl (C=O) groups is 1. The molecule has 0 radical (unpaired) electrons. The maximum Gasteiger partial charge on any atom is 0.168 e. The molecule has 2 aliphatic carbocycles. The van der Waals surface area contributed by atoms with Crippen LogP contribution in [0.3, 0.4) is 0 Å². The maximum absolute atomic E-state index is 12.5. The summed E-state index contributed by atoms with van der Waals surface area (Å²) in [6, 6.07) is 8.06. The van der Waals surface area contributed by atoms with Crippen molar-refractivity contribution in [3.63, 3.8) is 0 Å². The quantitative estimate of drug-likeness (QED) is 0.781. The van der Waals surface area contributed by atoms with Crippen LogP contribution in [0.2, 0.25) is 0 Å². The van der Waals surface area contributed by atoms with Crippen LogP contribution < -0.4 is 0 Å². The van der Waals surface area contributed by atoms with E-state index in [-0.39, 0.29) is 5.92 Å². The Morgan fingerprint density at radius 2 is 1.88 bits per heavy atom. The first-order valence-electron chi connectivity index (χ1n) is 6.43. The highest BCUT2D eigenvalue weighted by Crippen LogP contribution is 2.55. The number of hydrogen-bond donors (Lipinski definition) is 1. The largest absolute Gasteiger partial charge is 0.360 e. The summed E-state index contributed by atoms with van der Waals surface area (Å²) in [5.74, 6) is 2.39. The van der Waals surface area contributed by atoms with Crippen LogP contribution in [-0.4, -0.2) is 10.8 Å². The normalized spacial score (nSPS) is 30.5. The van der Waals surface area contributed by atoms with Crippen LogP contribution in [0.5, 0.6) is 0 Å². The van der Waals surface area contributed by atoms with Crippen LogP contribution in [-0.2, 0) is 0 Å². The number of aromatic amines is 1. The minimum Gasteiger partial charge on any atom is -0.360 e. The first-order valence-corrected chi connectivity index (χ1v) is 6.43. The summed E-state index contributed by atoms with van der Waals surface area (Å²) < 4.78 is 0. The van der Waals surface area contributed by atoms with E-state index >= 15 is 0 Å². The molecule has 0 bridgehead atoms. The standard InChI is InChI=1S/C15H15NO/c17-15(11-6-9-5-10(9)7-11)13-8-16-14-4-2-1-3-12(13)14/h1-4,8-11,16H,5-7H2. The van der Waals surface area contributed by atoms with Gasteiger partial charge in [0.05, 0.1) is 0 Å². The Morgan fingerprint density at radius 3 is 2.71 bits per heavy atom. The fourth-order valence-corrected chi connectivity index (χ4v) is 3.42. The van der Waals surface area contributed by atoms with Crippen molar-refractivity contribution in [1.29, 1.82) is 0 Å². The average Bonchev–Trinajstić information content (AvgIpc) is 2.80. The summed E-state index contributed by atoms with van der Waals surface area (Å²) in [7, 11) is 0. The molecule has 2 saturated carbocycles. The van der Waals surface area contributed by atoms with Crippen LogP contribution in [0.4, 0.5) is 0 Å². The molecule has 86 valence electrons. The molecular formula is C15H15NO. The molecule has 0 amide bonds. The minimum absolute atomic E-state index is 0.290. The lowest BCUT2D eigenvalue weighted by molar-refractivity contribution is 0.0916. The summed E-state index contributed by atoms with van der Waals surface area (Å²) in [5.41, 5.74) is 1.96. The van der Waals surface area contributed by atoms with Crippen molar-refractivity contribution in [3.05, 3.63) is 36.0 Å².